The van der Waals surface area contributed by atoms with Gasteiger partial charge in [-0.1, -0.05) is 53.6 Å². The monoisotopic (exact) mass is 591 g/mol. The summed E-state index contributed by atoms with van der Waals surface area (Å²) >= 11 is 5.93. The number of rotatable bonds is 10. The Bertz CT molecular complexity index is 1490. The smallest absolute Gasteiger partial charge is 0.243 e. The van der Waals surface area contributed by atoms with E-state index in [1.807, 2.05) is 31.2 Å². The molecule has 0 aliphatic carbocycles. The van der Waals surface area contributed by atoms with Crippen LogP contribution in [0, 0.1) is 6.92 Å². The zero-order valence-electron chi connectivity index (χ0n) is 21.4. The largest absolute Gasteiger partial charge is 0.379 e. The van der Waals surface area contributed by atoms with Crippen LogP contribution in [-0.2, 0) is 42.7 Å². The predicted octanol–water partition coefficient (Wildman–Crippen LogP) is 3.18. The molecule has 0 unspecified atom stereocenters. The summed E-state index contributed by atoms with van der Waals surface area (Å²) in [5.74, 6) is -0.496. The van der Waals surface area contributed by atoms with E-state index < -0.39 is 32.5 Å². The predicted molar refractivity (Wildman–Crippen MR) is 148 cm³/mol. The number of halogens is 1. The highest BCUT2D eigenvalue weighted by molar-refractivity contribution is 7.89. The van der Waals surface area contributed by atoms with Gasteiger partial charge in [-0.15, -0.1) is 0 Å². The molecule has 0 aromatic heterocycles. The van der Waals surface area contributed by atoms with Gasteiger partial charge in [-0.2, -0.15) is 8.61 Å². The van der Waals surface area contributed by atoms with Crippen LogP contribution in [0.25, 0.3) is 0 Å². The van der Waals surface area contributed by atoms with Gasteiger partial charge in [0.05, 0.1) is 29.5 Å². The number of nitrogens with zero attached hydrogens (tertiary/aromatic N) is 2. The van der Waals surface area contributed by atoms with Crippen molar-refractivity contribution in [2.24, 2.45) is 0 Å². The summed E-state index contributed by atoms with van der Waals surface area (Å²) in [7, 11) is -7.62. The molecule has 1 amide bonds. The van der Waals surface area contributed by atoms with Crippen molar-refractivity contribution in [2.75, 3.05) is 32.8 Å². The van der Waals surface area contributed by atoms with Crippen LogP contribution in [0.3, 0.4) is 0 Å². The van der Waals surface area contributed by atoms with Crippen LogP contribution in [0.5, 0.6) is 0 Å². The Morgan fingerprint density at radius 3 is 2.05 bits per heavy atom. The molecule has 4 rings (SSSR count). The Morgan fingerprint density at radius 1 is 0.872 bits per heavy atom. The second kappa shape index (κ2) is 12.6. The van der Waals surface area contributed by atoms with E-state index in [-0.39, 0.29) is 22.9 Å². The number of hydrogen-bond acceptors (Lipinski definition) is 6. The molecule has 1 saturated heterocycles. The highest BCUT2D eigenvalue weighted by Crippen LogP contribution is 2.21. The molecular formula is C27H30ClN3O6S2. The number of aryl methyl sites for hydroxylation is 1. The summed E-state index contributed by atoms with van der Waals surface area (Å²) in [6.45, 7) is 2.97. The average Bonchev–Trinajstić information content (AvgIpc) is 2.93. The molecule has 0 spiro atoms. The maximum Gasteiger partial charge on any atom is 0.243 e. The zero-order chi connectivity index (χ0) is 28.0. The SMILES string of the molecule is Cc1ccc(CN(CC(=O)NCc2ccc(S(=O)(=O)N3CCOCC3)cc2)S(=O)(=O)c2ccc(Cl)cc2)cc1. The lowest BCUT2D eigenvalue weighted by atomic mass is 10.1. The summed E-state index contributed by atoms with van der Waals surface area (Å²) < 4.78 is 60.2. The van der Waals surface area contributed by atoms with E-state index in [0.29, 0.717) is 36.9 Å². The molecule has 9 nitrogen and oxygen atoms in total. The third kappa shape index (κ3) is 7.44. The van der Waals surface area contributed by atoms with Crippen LogP contribution in [0.1, 0.15) is 16.7 Å². The van der Waals surface area contributed by atoms with Crippen LogP contribution < -0.4 is 5.32 Å². The first-order chi connectivity index (χ1) is 18.6. The van der Waals surface area contributed by atoms with E-state index >= 15 is 0 Å². The van der Waals surface area contributed by atoms with Gasteiger partial charge in [0, 0.05) is 31.2 Å². The number of carbonyl (C=O) groups is 1. The fourth-order valence-corrected chi connectivity index (χ4v) is 6.93. The molecular weight excluding hydrogens is 562 g/mol. The molecule has 1 fully saturated rings. The Labute approximate surface area is 234 Å². The number of sulfonamides is 2. The zero-order valence-corrected chi connectivity index (χ0v) is 23.8. The fraction of sp³-hybridized carbons (Fsp3) is 0.296. The van der Waals surface area contributed by atoms with Gasteiger partial charge in [-0.25, -0.2) is 16.8 Å². The minimum Gasteiger partial charge on any atom is -0.379 e. The molecule has 1 aliphatic heterocycles. The second-order valence-corrected chi connectivity index (χ2v) is 13.5. The van der Waals surface area contributed by atoms with Crippen molar-refractivity contribution >= 4 is 37.6 Å². The molecule has 0 radical (unpaired) electrons. The number of ether oxygens (including phenoxy) is 1. The molecule has 3 aromatic rings. The standard InChI is InChI=1S/C27H30ClN3O6S2/c1-21-2-4-23(5-3-21)19-31(39(35,36)26-12-8-24(28)9-13-26)20-27(32)29-18-22-6-10-25(11-7-22)38(33,34)30-14-16-37-17-15-30/h2-13H,14-20H2,1H3,(H,29,32). The summed E-state index contributed by atoms with van der Waals surface area (Å²) in [5, 5.41) is 3.14. The van der Waals surface area contributed by atoms with Gasteiger partial charge >= 0.3 is 0 Å². The van der Waals surface area contributed by atoms with Crippen molar-refractivity contribution in [2.45, 2.75) is 29.8 Å². The molecule has 0 atom stereocenters. The van der Waals surface area contributed by atoms with E-state index in [1.54, 1.807) is 12.1 Å². The van der Waals surface area contributed by atoms with Gasteiger partial charge in [-0.05, 0) is 54.4 Å². The molecule has 1 aliphatic rings. The first kappa shape index (κ1) is 29.2. The Morgan fingerprint density at radius 2 is 1.44 bits per heavy atom. The molecule has 12 heteroatoms. The quantitative estimate of drug-likeness (QED) is 0.387. The topological polar surface area (TPSA) is 113 Å². The lowest BCUT2D eigenvalue weighted by Crippen LogP contribution is -2.40. The lowest BCUT2D eigenvalue weighted by Gasteiger charge is -2.26. The first-order valence-corrected chi connectivity index (χ1v) is 15.6. The van der Waals surface area contributed by atoms with Crippen molar-refractivity contribution in [1.82, 2.24) is 13.9 Å². The van der Waals surface area contributed by atoms with Crippen LogP contribution in [0.15, 0.2) is 82.6 Å². The molecule has 39 heavy (non-hydrogen) atoms. The average molecular weight is 592 g/mol. The van der Waals surface area contributed by atoms with Crippen LogP contribution in [-0.4, -0.2) is 64.2 Å². The maximum atomic E-state index is 13.4. The Hall–Kier alpha value is -2.80. The van der Waals surface area contributed by atoms with E-state index in [4.69, 9.17) is 16.3 Å². The van der Waals surface area contributed by atoms with Crippen molar-refractivity contribution in [3.05, 3.63) is 94.5 Å². The number of morpholine rings is 1. The lowest BCUT2D eigenvalue weighted by molar-refractivity contribution is -0.121. The minimum atomic E-state index is -4.00. The van der Waals surface area contributed by atoms with Gasteiger partial charge in [0.15, 0.2) is 0 Å². The molecule has 1 heterocycles. The molecule has 0 saturated carbocycles. The third-order valence-electron chi connectivity index (χ3n) is 6.27. The molecule has 208 valence electrons. The number of hydrogen-bond donors (Lipinski definition) is 1. The molecule has 0 bridgehead atoms. The van der Waals surface area contributed by atoms with Crippen molar-refractivity contribution in [1.29, 1.82) is 0 Å². The second-order valence-electron chi connectivity index (χ2n) is 9.15. The summed E-state index contributed by atoms with van der Waals surface area (Å²) in [5.41, 5.74) is 2.45. The normalized spacial score (nSPS) is 14.8. The first-order valence-electron chi connectivity index (χ1n) is 12.3. The third-order valence-corrected chi connectivity index (χ3v) is 10.2. The van der Waals surface area contributed by atoms with Gasteiger partial charge in [0.1, 0.15) is 0 Å². The van der Waals surface area contributed by atoms with E-state index in [2.05, 4.69) is 5.32 Å². The van der Waals surface area contributed by atoms with E-state index in [0.717, 1.165) is 15.4 Å². The summed E-state index contributed by atoms with van der Waals surface area (Å²) in [6.07, 6.45) is 0. The summed E-state index contributed by atoms with van der Waals surface area (Å²) in [6, 6.07) is 19.5. The fourth-order valence-electron chi connectivity index (χ4n) is 4.01. The molecule has 1 N–H and O–H groups in total. The highest BCUT2D eigenvalue weighted by Gasteiger charge is 2.28. The minimum absolute atomic E-state index is 0.00670. The Kier molecular flexibility index (Phi) is 9.42. The maximum absolute atomic E-state index is 13.4. The number of amides is 1. The van der Waals surface area contributed by atoms with Crippen LogP contribution in [0.2, 0.25) is 5.02 Å². The van der Waals surface area contributed by atoms with Crippen molar-refractivity contribution < 1.29 is 26.4 Å². The van der Waals surface area contributed by atoms with Gasteiger partial charge in [-0.3, -0.25) is 4.79 Å². The number of carbonyl (C=O) groups excluding carboxylic acids is 1. The number of nitrogens with one attached hydrogen (secondary N) is 1. The summed E-state index contributed by atoms with van der Waals surface area (Å²) in [4.78, 5) is 13.1. The highest BCUT2D eigenvalue weighted by atomic mass is 35.5. The molecule has 3 aromatic carbocycles. The van der Waals surface area contributed by atoms with E-state index in [1.165, 1.54) is 40.7 Å². The Balaban J connectivity index is 1.44. The van der Waals surface area contributed by atoms with Crippen molar-refractivity contribution in [3.63, 3.8) is 0 Å². The van der Waals surface area contributed by atoms with E-state index in [9.17, 15) is 21.6 Å². The van der Waals surface area contributed by atoms with Gasteiger partial charge in [0.25, 0.3) is 0 Å². The van der Waals surface area contributed by atoms with Gasteiger partial charge < -0.3 is 10.1 Å². The number of benzene rings is 3. The van der Waals surface area contributed by atoms with Crippen molar-refractivity contribution in [3.8, 4) is 0 Å². The van der Waals surface area contributed by atoms with Crippen LogP contribution in [0.4, 0.5) is 0 Å². The van der Waals surface area contributed by atoms with Crippen LogP contribution >= 0.6 is 11.6 Å². The van der Waals surface area contributed by atoms with Gasteiger partial charge in [0.2, 0.25) is 26.0 Å².